The van der Waals surface area contributed by atoms with Crippen LogP contribution >= 0.6 is 11.8 Å². The highest BCUT2D eigenvalue weighted by Crippen LogP contribution is 2.18. The molecule has 2 aromatic heterocycles. The Kier molecular flexibility index (Phi) is 3.46. The fourth-order valence-corrected chi connectivity index (χ4v) is 1.88. The third kappa shape index (κ3) is 2.78. The molecule has 0 aliphatic rings. The molecule has 2 rings (SSSR count). The predicted octanol–water partition coefficient (Wildman–Crippen LogP) is 2.04. The van der Waals surface area contributed by atoms with Gasteiger partial charge >= 0.3 is 0 Å². The van der Waals surface area contributed by atoms with Crippen LogP contribution in [-0.2, 0) is 5.75 Å². The maximum absolute atomic E-state index is 8.70. The monoisotopic (exact) mass is 228 g/mol. The van der Waals surface area contributed by atoms with Crippen LogP contribution in [0.4, 0.5) is 0 Å². The number of aromatic nitrogens is 3. The Morgan fingerprint density at radius 2 is 2.00 bits per heavy atom. The molecule has 0 N–H and O–H groups in total. The molecular formula is C11H8N4S. The molecule has 0 aromatic carbocycles. The van der Waals surface area contributed by atoms with Gasteiger partial charge in [-0.2, -0.15) is 5.26 Å². The predicted molar refractivity (Wildman–Crippen MR) is 60.5 cm³/mol. The first-order valence-corrected chi connectivity index (χ1v) is 5.62. The fraction of sp³-hybridized carbons (Fsp3) is 0.0909. The van der Waals surface area contributed by atoms with Crippen molar-refractivity contribution in [3.63, 3.8) is 0 Å². The van der Waals surface area contributed by atoms with Gasteiger partial charge in [0, 0.05) is 24.3 Å². The van der Waals surface area contributed by atoms with Crippen LogP contribution in [-0.4, -0.2) is 15.0 Å². The number of nitrogens with zero attached hydrogens (tertiary/aromatic N) is 4. The minimum atomic E-state index is 0.437. The van der Waals surface area contributed by atoms with Gasteiger partial charge in [-0.05, 0) is 23.8 Å². The molecule has 0 bridgehead atoms. The van der Waals surface area contributed by atoms with E-state index in [0.29, 0.717) is 5.69 Å². The highest BCUT2D eigenvalue weighted by molar-refractivity contribution is 7.98. The minimum Gasteiger partial charge on any atom is -0.246 e. The van der Waals surface area contributed by atoms with E-state index in [2.05, 4.69) is 15.0 Å². The van der Waals surface area contributed by atoms with Gasteiger partial charge in [0.15, 0.2) is 5.16 Å². The summed E-state index contributed by atoms with van der Waals surface area (Å²) < 4.78 is 0. The molecule has 4 nitrogen and oxygen atoms in total. The molecule has 0 aliphatic carbocycles. The summed E-state index contributed by atoms with van der Waals surface area (Å²) in [6.45, 7) is 0. The molecule has 2 heterocycles. The third-order valence-electron chi connectivity index (χ3n) is 1.85. The normalized spacial score (nSPS) is 9.69. The molecule has 0 spiro atoms. The molecule has 0 aliphatic heterocycles. The van der Waals surface area contributed by atoms with Crippen molar-refractivity contribution in [2.45, 2.75) is 10.9 Å². The second kappa shape index (κ2) is 5.24. The lowest BCUT2D eigenvalue weighted by molar-refractivity contribution is 0.966. The van der Waals surface area contributed by atoms with Crippen LogP contribution in [0.5, 0.6) is 0 Å². The van der Waals surface area contributed by atoms with Crippen molar-refractivity contribution in [3.05, 3.63) is 48.0 Å². The molecule has 0 unspecified atom stereocenters. The number of nitriles is 1. The van der Waals surface area contributed by atoms with Gasteiger partial charge < -0.3 is 0 Å². The van der Waals surface area contributed by atoms with Crippen LogP contribution < -0.4 is 0 Å². The van der Waals surface area contributed by atoms with E-state index in [1.54, 1.807) is 30.7 Å². The van der Waals surface area contributed by atoms with Crippen LogP contribution in [0.2, 0.25) is 0 Å². The molecule has 78 valence electrons. The summed E-state index contributed by atoms with van der Waals surface area (Å²) in [6.07, 6.45) is 5.06. The van der Waals surface area contributed by atoms with E-state index < -0.39 is 0 Å². The number of pyridine rings is 1. The first kappa shape index (κ1) is 10.6. The van der Waals surface area contributed by atoms with Gasteiger partial charge in [0.25, 0.3) is 0 Å². The smallest absolute Gasteiger partial charge is 0.187 e. The Balaban J connectivity index is 2.03. The molecular weight excluding hydrogens is 220 g/mol. The first-order chi connectivity index (χ1) is 7.88. The fourth-order valence-electron chi connectivity index (χ4n) is 1.13. The zero-order chi connectivity index (χ0) is 11.2. The maximum atomic E-state index is 8.70. The van der Waals surface area contributed by atoms with Crippen molar-refractivity contribution in [1.29, 1.82) is 5.26 Å². The van der Waals surface area contributed by atoms with Gasteiger partial charge in [-0.1, -0.05) is 11.8 Å². The summed E-state index contributed by atoms with van der Waals surface area (Å²) in [5.41, 5.74) is 1.48. The summed E-state index contributed by atoms with van der Waals surface area (Å²) in [7, 11) is 0. The van der Waals surface area contributed by atoms with Crippen molar-refractivity contribution < 1.29 is 0 Å². The van der Waals surface area contributed by atoms with E-state index in [1.165, 1.54) is 11.8 Å². The zero-order valence-electron chi connectivity index (χ0n) is 8.37. The van der Waals surface area contributed by atoms with Crippen molar-refractivity contribution in [3.8, 4) is 6.07 Å². The Hall–Kier alpha value is -1.93. The van der Waals surface area contributed by atoms with Crippen LogP contribution in [0.1, 0.15) is 11.3 Å². The second-order valence-corrected chi connectivity index (χ2v) is 3.92. The molecule has 16 heavy (non-hydrogen) atoms. The Morgan fingerprint density at radius 1 is 1.19 bits per heavy atom. The topological polar surface area (TPSA) is 62.5 Å². The molecule has 0 amide bonds. The van der Waals surface area contributed by atoms with Crippen molar-refractivity contribution in [2.24, 2.45) is 0 Å². The molecule has 0 atom stereocenters. The zero-order valence-corrected chi connectivity index (χ0v) is 9.18. The highest BCUT2D eigenvalue weighted by atomic mass is 32.2. The van der Waals surface area contributed by atoms with Crippen molar-refractivity contribution >= 4 is 11.8 Å². The molecule has 0 saturated carbocycles. The molecule has 0 radical (unpaired) electrons. The highest BCUT2D eigenvalue weighted by Gasteiger charge is 1.99. The lowest BCUT2D eigenvalue weighted by Crippen LogP contribution is -1.88. The van der Waals surface area contributed by atoms with Crippen LogP contribution in [0.15, 0.2) is 41.9 Å². The molecule has 0 saturated heterocycles. The van der Waals surface area contributed by atoms with E-state index in [1.807, 2.05) is 12.1 Å². The quantitative estimate of drug-likeness (QED) is 0.594. The molecule has 2 aromatic rings. The van der Waals surface area contributed by atoms with Crippen molar-refractivity contribution in [1.82, 2.24) is 15.0 Å². The summed E-state index contributed by atoms with van der Waals surface area (Å²) in [6, 6.07) is 7.46. The number of rotatable bonds is 3. The number of thioether (sulfide) groups is 1. The third-order valence-corrected chi connectivity index (χ3v) is 2.80. The lowest BCUT2D eigenvalue weighted by atomic mass is 10.2. The largest absolute Gasteiger partial charge is 0.246 e. The van der Waals surface area contributed by atoms with E-state index in [4.69, 9.17) is 5.26 Å². The summed E-state index contributed by atoms with van der Waals surface area (Å²) >= 11 is 1.53. The average Bonchev–Trinajstić information content (AvgIpc) is 2.38. The van der Waals surface area contributed by atoms with Gasteiger partial charge in [0.1, 0.15) is 11.8 Å². The van der Waals surface area contributed by atoms with Gasteiger partial charge in [-0.25, -0.2) is 15.0 Å². The Labute approximate surface area is 97.4 Å². The lowest BCUT2D eigenvalue weighted by Gasteiger charge is -1.99. The summed E-state index contributed by atoms with van der Waals surface area (Å²) in [5.74, 6) is 0.737. The van der Waals surface area contributed by atoms with Gasteiger partial charge in [-0.3, -0.25) is 0 Å². The average molecular weight is 228 g/mol. The summed E-state index contributed by atoms with van der Waals surface area (Å²) in [4.78, 5) is 12.1. The van der Waals surface area contributed by atoms with E-state index in [9.17, 15) is 0 Å². The van der Waals surface area contributed by atoms with Crippen LogP contribution in [0, 0.1) is 11.3 Å². The van der Waals surface area contributed by atoms with E-state index in [0.717, 1.165) is 16.5 Å². The number of hydrogen-bond donors (Lipinski definition) is 0. The SMILES string of the molecule is N#Cc1cc(CSc2ncccn2)ccn1. The van der Waals surface area contributed by atoms with E-state index >= 15 is 0 Å². The van der Waals surface area contributed by atoms with Gasteiger partial charge in [0.2, 0.25) is 0 Å². The van der Waals surface area contributed by atoms with Gasteiger partial charge in [0.05, 0.1) is 0 Å². The summed E-state index contributed by atoms with van der Waals surface area (Å²) in [5, 5.41) is 9.44. The molecule has 5 heteroatoms. The molecule has 0 fully saturated rings. The maximum Gasteiger partial charge on any atom is 0.187 e. The van der Waals surface area contributed by atoms with E-state index in [-0.39, 0.29) is 0 Å². The first-order valence-electron chi connectivity index (χ1n) is 4.63. The minimum absolute atomic E-state index is 0.437. The van der Waals surface area contributed by atoms with Gasteiger partial charge in [-0.15, -0.1) is 0 Å². The Morgan fingerprint density at radius 3 is 2.75 bits per heavy atom. The standard InChI is InChI=1S/C11H8N4S/c12-7-10-6-9(2-5-13-10)8-16-11-14-3-1-4-15-11/h1-6H,8H2. The van der Waals surface area contributed by atoms with Crippen LogP contribution in [0.3, 0.4) is 0 Å². The second-order valence-electron chi connectivity index (χ2n) is 2.98. The van der Waals surface area contributed by atoms with Crippen LogP contribution in [0.25, 0.3) is 0 Å². The number of hydrogen-bond acceptors (Lipinski definition) is 5. The Bertz CT molecular complexity index is 507. The van der Waals surface area contributed by atoms with Crippen molar-refractivity contribution in [2.75, 3.05) is 0 Å².